The first-order valence-corrected chi connectivity index (χ1v) is 10.5. The summed E-state index contributed by atoms with van der Waals surface area (Å²) < 4.78 is 27.3. The van der Waals surface area contributed by atoms with Gasteiger partial charge in [0.1, 0.15) is 0 Å². The van der Waals surface area contributed by atoms with Crippen LogP contribution in [0.15, 0.2) is 47.4 Å². The van der Waals surface area contributed by atoms with Crippen molar-refractivity contribution in [2.45, 2.75) is 57.9 Å². The molecule has 0 aliphatic carbocycles. The second-order valence-electron chi connectivity index (χ2n) is 7.81. The van der Waals surface area contributed by atoms with Crippen LogP contribution in [-0.2, 0) is 21.2 Å². The van der Waals surface area contributed by atoms with Crippen LogP contribution in [0.4, 0.5) is 5.69 Å². The summed E-state index contributed by atoms with van der Waals surface area (Å²) in [6, 6.07) is 12.6. The van der Waals surface area contributed by atoms with E-state index in [2.05, 4.69) is 10.0 Å². The van der Waals surface area contributed by atoms with Gasteiger partial charge in [0.25, 0.3) is 0 Å². The van der Waals surface area contributed by atoms with Gasteiger partial charge in [-0.2, -0.15) is 0 Å². The maximum absolute atomic E-state index is 12.3. The molecule has 0 unspecified atom stereocenters. The minimum atomic E-state index is -3.55. The average Bonchev–Trinajstić information content (AvgIpc) is 2.55. The van der Waals surface area contributed by atoms with Crippen molar-refractivity contribution in [3.05, 3.63) is 59.2 Å². The Morgan fingerprint density at radius 3 is 2.04 bits per heavy atom. The van der Waals surface area contributed by atoms with Crippen LogP contribution in [0.5, 0.6) is 0 Å². The topological polar surface area (TPSA) is 75.3 Å². The molecular weight excluding hydrogens is 360 g/mol. The predicted molar refractivity (Wildman–Crippen MR) is 109 cm³/mol. The van der Waals surface area contributed by atoms with Gasteiger partial charge in [-0.3, -0.25) is 4.79 Å². The lowest BCUT2D eigenvalue weighted by Gasteiger charge is -2.20. The number of carbonyl (C=O) groups is 1. The fourth-order valence-corrected chi connectivity index (χ4v) is 4.19. The number of hydrogen-bond acceptors (Lipinski definition) is 3. The number of amides is 1. The summed E-state index contributed by atoms with van der Waals surface area (Å²) in [5.41, 5.74) is 3.30. The highest BCUT2D eigenvalue weighted by molar-refractivity contribution is 7.89. The first-order valence-electron chi connectivity index (χ1n) is 8.97. The molecule has 0 fully saturated rings. The van der Waals surface area contributed by atoms with Crippen molar-refractivity contribution in [2.75, 3.05) is 5.32 Å². The molecule has 0 spiro atoms. The van der Waals surface area contributed by atoms with E-state index >= 15 is 0 Å². The minimum Gasteiger partial charge on any atom is -0.326 e. The Labute approximate surface area is 162 Å². The Hall–Kier alpha value is -2.18. The fourth-order valence-electron chi connectivity index (χ4n) is 2.77. The first kappa shape index (κ1) is 21.1. The van der Waals surface area contributed by atoms with Crippen LogP contribution in [0.2, 0.25) is 0 Å². The van der Waals surface area contributed by atoms with E-state index in [-0.39, 0.29) is 10.8 Å². The Bertz CT molecular complexity index is 891. The van der Waals surface area contributed by atoms with Gasteiger partial charge in [-0.05, 0) is 69.9 Å². The quantitative estimate of drug-likeness (QED) is 0.787. The fraction of sp³-hybridized carbons (Fsp3) is 0.381. The lowest BCUT2D eigenvalue weighted by molar-refractivity contribution is -0.116. The molecule has 1 amide bonds. The number of hydrogen-bond donors (Lipinski definition) is 2. The summed E-state index contributed by atoms with van der Waals surface area (Å²) in [5, 5.41) is 2.97. The van der Waals surface area contributed by atoms with Crippen LogP contribution < -0.4 is 10.0 Å². The minimum absolute atomic E-state index is 0.0569. The lowest BCUT2D eigenvalue weighted by Crippen LogP contribution is -2.40. The third-order valence-corrected chi connectivity index (χ3v) is 5.83. The largest absolute Gasteiger partial charge is 0.326 e. The van der Waals surface area contributed by atoms with E-state index in [0.29, 0.717) is 12.8 Å². The van der Waals surface area contributed by atoms with Crippen LogP contribution in [0, 0.1) is 13.8 Å². The van der Waals surface area contributed by atoms with Gasteiger partial charge in [0.15, 0.2) is 0 Å². The van der Waals surface area contributed by atoms with Crippen LogP contribution >= 0.6 is 0 Å². The molecule has 27 heavy (non-hydrogen) atoms. The average molecular weight is 389 g/mol. The summed E-state index contributed by atoms with van der Waals surface area (Å²) in [7, 11) is -3.55. The Kier molecular flexibility index (Phi) is 6.44. The molecule has 2 rings (SSSR count). The highest BCUT2D eigenvalue weighted by Gasteiger charge is 2.21. The monoisotopic (exact) mass is 388 g/mol. The summed E-state index contributed by atoms with van der Waals surface area (Å²) in [6.45, 7) is 9.33. The summed E-state index contributed by atoms with van der Waals surface area (Å²) in [5.74, 6) is -0.0569. The maximum Gasteiger partial charge on any atom is 0.241 e. The Morgan fingerprint density at radius 1 is 0.963 bits per heavy atom. The molecule has 2 aromatic rings. The van der Waals surface area contributed by atoms with Crippen molar-refractivity contribution < 1.29 is 13.2 Å². The molecule has 0 saturated heterocycles. The summed E-state index contributed by atoms with van der Waals surface area (Å²) in [4.78, 5) is 12.5. The van der Waals surface area contributed by atoms with Gasteiger partial charge in [0, 0.05) is 17.6 Å². The molecule has 0 saturated carbocycles. The number of para-hydroxylation sites is 1. The highest BCUT2D eigenvalue weighted by atomic mass is 32.2. The van der Waals surface area contributed by atoms with Crippen molar-refractivity contribution in [3.63, 3.8) is 0 Å². The zero-order valence-corrected chi connectivity index (χ0v) is 17.4. The number of carbonyl (C=O) groups excluding carboxylic acids is 1. The molecule has 2 N–H and O–H groups in total. The van der Waals surface area contributed by atoms with Crippen molar-refractivity contribution in [2.24, 2.45) is 0 Å². The second-order valence-corrected chi connectivity index (χ2v) is 9.50. The smallest absolute Gasteiger partial charge is 0.241 e. The van der Waals surface area contributed by atoms with Gasteiger partial charge in [-0.15, -0.1) is 0 Å². The number of nitrogens with one attached hydrogen (secondary N) is 2. The van der Waals surface area contributed by atoms with E-state index in [1.807, 2.05) is 32.0 Å². The highest BCUT2D eigenvalue weighted by Crippen LogP contribution is 2.20. The normalized spacial score (nSPS) is 12.0. The van der Waals surface area contributed by atoms with Gasteiger partial charge < -0.3 is 5.32 Å². The number of aryl methyl sites for hydroxylation is 3. The number of benzene rings is 2. The Balaban J connectivity index is 1.98. The third-order valence-electron chi connectivity index (χ3n) is 4.06. The zero-order valence-electron chi connectivity index (χ0n) is 16.6. The van der Waals surface area contributed by atoms with Crippen molar-refractivity contribution in [1.82, 2.24) is 4.72 Å². The van der Waals surface area contributed by atoms with E-state index in [9.17, 15) is 13.2 Å². The van der Waals surface area contributed by atoms with Crippen LogP contribution in [0.1, 0.15) is 43.9 Å². The van der Waals surface area contributed by atoms with Crippen molar-refractivity contribution in [3.8, 4) is 0 Å². The van der Waals surface area contributed by atoms with Crippen molar-refractivity contribution >= 4 is 21.6 Å². The predicted octanol–water partition coefficient (Wildman–Crippen LogP) is 3.95. The SMILES string of the molecule is Cc1cccc(C)c1NC(=O)CCc1ccc(S(=O)(=O)NC(C)(C)C)cc1. The molecule has 0 radical (unpaired) electrons. The van der Waals surface area contributed by atoms with Gasteiger partial charge in [0.05, 0.1) is 4.90 Å². The molecule has 0 heterocycles. The molecule has 0 bridgehead atoms. The number of sulfonamides is 1. The first-order chi connectivity index (χ1) is 12.5. The molecule has 0 aliphatic rings. The van der Waals surface area contributed by atoms with Crippen LogP contribution in [0.25, 0.3) is 0 Å². The molecule has 0 aliphatic heterocycles. The van der Waals surface area contributed by atoms with Gasteiger partial charge in [-0.25, -0.2) is 13.1 Å². The van der Waals surface area contributed by atoms with E-state index in [1.54, 1.807) is 45.0 Å². The maximum atomic E-state index is 12.3. The van der Waals surface area contributed by atoms with Crippen LogP contribution in [0.3, 0.4) is 0 Å². The summed E-state index contributed by atoms with van der Waals surface area (Å²) in [6.07, 6.45) is 0.879. The van der Waals surface area contributed by atoms with Crippen molar-refractivity contribution in [1.29, 1.82) is 0 Å². The standard InChI is InChI=1S/C21H28N2O3S/c1-15-7-6-8-16(2)20(15)22-19(24)14-11-17-9-12-18(13-10-17)27(25,26)23-21(3,4)5/h6-10,12-13,23H,11,14H2,1-5H3,(H,22,24). The molecule has 5 nitrogen and oxygen atoms in total. The third kappa shape index (κ3) is 6.19. The second kappa shape index (κ2) is 8.23. The number of anilines is 1. The van der Waals surface area contributed by atoms with E-state index in [1.165, 1.54) is 0 Å². The number of rotatable bonds is 6. The molecule has 146 valence electrons. The zero-order chi connectivity index (χ0) is 20.2. The van der Waals surface area contributed by atoms with E-state index in [0.717, 1.165) is 22.4 Å². The van der Waals surface area contributed by atoms with E-state index < -0.39 is 15.6 Å². The van der Waals surface area contributed by atoms with Crippen LogP contribution in [-0.4, -0.2) is 19.9 Å². The molecule has 6 heteroatoms. The summed E-state index contributed by atoms with van der Waals surface area (Å²) >= 11 is 0. The Morgan fingerprint density at radius 2 is 1.52 bits per heavy atom. The van der Waals surface area contributed by atoms with E-state index in [4.69, 9.17) is 0 Å². The lowest BCUT2D eigenvalue weighted by atomic mass is 10.1. The molecular formula is C21H28N2O3S. The molecule has 0 aromatic heterocycles. The molecule has 2 aromatic carbocycles. The van der Waals surface area contributed by atoms with Gasteiger partial charge in [-0.1, -0.05) is 30.3 Å². The van der Waals surface area contributed by atoms with Gasteiger partial charge in [0.2, 0.25) is 15.9 Å². The molecule has 0 atom stereocenters. The van der Waals surface area contributed by atoms with Gasteiger partial charge >= 0.3 is 0 Å².